The van der Waals surface area contributed by atoms with Crippen molar-refractivity contribution in [2.24, 2.45) is 0 Å². The minimum Gasteiger partial charge on any atom is -0.504 e. The number of hydrogen-bond donors (Lipinski definition) is 1. The Morgan fingerprint density at radius 3 is 2.77 bits per heavy atom. The van der Waals surface area contributed by atoms with Crippen molar-refractivity contribution in [3.05, 3.63) is 59.7 Å². The number of fused-ring (bicyclic) bond motifs is 1. The lowest BCUT2D eigenvalue weighted by Crippen LogP contribution is -2.34. The third-order valence-electron chi connectivity index (χ3n) is 4.18. The molecule has 1 amide bonds. The highest BCUT2D eigenvalue weighted by Crippen LogP contribution is 2.34. The van der Waals surface area contributed by atoms with Gasteiger partial charge in [0, 0.05) is 7.05 Å². The fraction of sp³-hybridized carbons (Fsp3) is 0.278. The van der Waals surface area contributed by atoms with Crippen molar-refractivity contribution in [1.29, 1.82) is 0 Å². The standard InChI is InChI=1S/C18H19NO3/c1-19(15-11-10-13-6-2-3-7-14(13)15)18(21)12-22-17-9-5-4-8-16(17)20/h2-9,15,20H,10-12H2,1H3. The number of benzene rings is 2. The molecule has 4 heteroatoms. The first-order chi connectivity index (χ1) is 10.7. The van der Waals surface area contributed by atoms with Crippen molar-refractivity contribution in [2.45, 2.75) is 18.9 Å². The van der Waals surface area contributed by atoms with E-state index in [1.54, 1.807) is 23.1 Å². The van der Waals surface area contributed by atoms with Gasteiger partial charge < -0.3 is 14.7 Å². The second-order valence-electron chi connectivity index (χ2n) is 5.51. The van der Waals surface area contributed by atoms with Crippen molar-refractivity contribution < 1.29 is 14.6 Å². The van der Waals surface area contributed by atoms with E-state index < -0.39 is 0 Å². The highest BCUT2D eigenvalue weighted by atomic mass is 16.5. The number of aryl methyl sites for hydroxylation is 1. The third kappa shape index (κ3) is 2.77. The van der Waals surface area contributed by atoms with E-state index in [1.807, 2.05) is 19.2 Å². The molecule has 114 valence electrons. The van der Waals surface area contributed by atoms with E-state index in [-0.39, 0.29) is 24.3 Å². The van der Waals surface area contributed by atoms with Gasteiger partial charge in [-0.05, 0) is 36.1 Å². The number of nitrogens with zero attached hydrogens (tertiary/aromatic N) is 1. The first-order valence-corrected chi connectivity index (χ1v) is 7.41. The lowest BCUT2D eigenvalue weighted by molar-refractivity contribution is -0.134. The molecule has 0 aromatic heterocycles. The Labute approximate surface area is 130 Å². The van der Waals surface area contributed by atoms with Gasteiger partial charge in [-0.15, -0.1) is 0 Å². The minimum absolute atomic E-state index is 0.0455. The summed E-state index contributed by atoms with van der Waals surface area (Å²) in [7, 11) is 1.81. The number of carbonyl (C=O) groups is 1. The molecule has 1 aliphatic rings. The van der Waals surface area contributed by atoms with E-state index in [9.17, 15) is 9.90 Å². The van der Waals surface area contributed by atoms with Crippen LogP contribution < -0.4 is 4.74 Å². The summed E-state index contributed by atoms with van der Waals surface area (Å²) in [5, 5.41) is 9.65. The third-order valence-corrected chi connectivity index (χ3v) is 4.18. The van der Waals surface area contributed by atoms with Crippen molar-refractivity contribution in [3.8, 4) is 11.5 Å². The summed E-state index contributed by atoms with van der Waals surface area (Å²) in [6, 6.07) is 15.0. The summed E-state index contributed by atoms with van der Waals surface area (Å²) in [4.78, 5) is 14.1. The van der Waals surface area contributed by atoms with E-state index in [2.05, 4.69) is 12.1 Å². The van der Waals surface area contributed by atoms with Gasteiger partial charge in [-0.25, -0.2) is 0 Å². The highest BCUT2D eigenvalue weighted by Gasteiger charge is 2.28. The number of phenols is 1. The summed E-state index contributed by atoms with van der Waals surface area (Å²) < 4.78 is 5.43. The molecule has 1 unspecified atom stereocenters. The van der Waals surface area contributed by atoms with Gasteiger partial charge >= 0.3 is 0 Å². The predicted octanol–water partition coefficient (Wildman–Crippen LogP) is 2.92. The van der Waals surface area contributed by atoms with E-state index in [0.29, 0.717) is 5.75 Å². The number of hydrogen-bond acceptors (Lipinski definition) is 3. The number of amides is 1. The van der Waals surface area contributed by atoms with Gasteiger partial charge in [-0.1, -0.05) is 36.4 Å². The number of para-hydroxylation sites is 2. The maximum Gasteiger partial charge on any atom is 0.260 e. The maximum absolute atomic E-state index is 12.3. The fourth-order valence-corrected chi connectivity index (χ4v) is 2.93. The molecule has 2 aromatic carbocycles. The second kappa shape index (κ2) is 6.10. The molecule has 0 heterocycles. The van der Waals surface area contributed by atoms with E-state index in [0.717, 1.165) is 12.8 Å². The number of carbonyl (C=O) groups excluding carboxylic acids is 1. The van der Waals surface area contributed by atoms with E-state index in [4.69, 9.17) is 4.74 Å². The fourth-order valence-electron chi connectivity index (χ4n) is 2.93. The Morgan fingerprint density at radius 2 is 1.95 bits per heavy atom. The van der Waals surface area contributed by atoms with Crippen LogP contribution in [0.5, 0.6) is 11.5 Å². The molecule has 0 bridgehead atoms. The smallest absolute Gasteiger partial charge is 0.260 e. The van der Waals surface area contributed by atoms with Crippen molar-refractivity contribution in [3.63, 3.8) is 0 Å². The van der Waals surface area contributed by atoms with Gasteiger partial charge in [-0.2, -0.15) is 0 Å². The van der Waals surface area contributed by atoms with E-state index >= 15 is 0 Å². The molecule has 0 saturated heterocycles. The van der Waals surface area contributed by atoms with Crippen LogP contribution in [0.25, 0.3) is 0 Å². The monoisotopic (exact) mass is 297 g/mol. The zero-order valence-electron chi connectivity index (χ0n) is 12.5. The zero-order chi connectivity index (χ0) is 15.5. The van der Waals surface area contributed by atoms with Crippen LogP contribution in [0.4, 0.5) is 0 Å². The number of likely N-dealkylation sites (N-methyl/N-ethyl adjacent to an activating group) is 1. The first kappa shape index (κ1) is 14.4. The molecule has 22 heavy (non-hydrogen) atoms. The van der Waals surface area contributed by atoms with Gasteiger partial charge in [0.2, 0.25) is 0 Å². The lowest BCUT2D eigenvalue weighted by atomic mass is 10.1. The molecule has 1 N–H and O–H groups in total. The van der Waals surface area contributed by atoms with Gasteiger partial charge in [0.25, 0.3) is 5.91 Å². The SMILES string of the molecule is CN(C(=O)COc1ccccc1O)C1CCc2ccccc21. The normalized spacial score (nSPS) is 16.1. The van der Waals surface area contributed by atoms with Gasteiger partial charge in [-0.3, -0.25) is 4.79 Å². The molecule has 0 saturated carbocycles. The molecule has 2 aromatic rings. The molecule has 3 rings (SSSR count). The molecule has 1 atom stereocenters. The van der Waals surface area contributed by atoms with Crippen LogP contribution in [-0.2, 0) is 11.2 Å². The van der Waals surface area contributed by atoms with Gasteiger partial charge in [0.1, 0.15) is 0 Å². The Kier molecular flexibility index (Phi) is 4.00. The summed E-state index contributed by atoms with van der Waals surface area (Å²) in [6.07, 6.45) is 1.94. The molecule has 0 aliphatic heterocycles. The van der Waals surface area contributed by atoms with Crippen molar-refractivity contribution in [2.75, 3.05) is 13.7 Å². The zero-order valence-corrected chi connectivity index (χ0v) is 12.5. The van der Waals surface area contributed by atoms with Crippen molar-refractivity contribution >= 4 is 5.91 Å². The van der Waals surface area contributed by atoms with Crippen LogP contribution in [-0.4, -0.2) is 29.6 Å². The van der Waals surface area contributed by atoms with E-state index in [1.165, 1.54) is 17.2 Å². The maximum atomic E-state index is 12.3. The Hall–Kier alpha value is -2.49. The van der Waals surface area contributed by atoms with Crippen LogP contribution >= 0.6 is 0 Å². The molecule has 4 nitrogen and oxygen atoms in total. The largest absolute Gasteiger partial charge is 0.504 e. The summed E-state index contributed by atoms with van der Waals surface area (Å²) in [5.74, 6) is 0.283. The highest BCUT2D eigenvalue weighted by molar-refractivity contribution is 5.78. The van der Waals surface area contributed by atoms with Crippen LogP contribution in [0.3, 0.4) is 0 Å². The second-order valence-corrected chi connectivity index (χ2v) is 5.51. The molecule has 1 aliphatic carbocycles. The Morgan fingerprint density at radius 1 is 1.23 bits per heavy atom. The lowest BCUT2D eigenvalue weighted by Gasteiger charge is -2.25. The molecule has 0 radical (unpaired) electrons. The minimum atomic E-state index is -0.0926. The topological polar surface area (TPSA) is 49.8 Å². The summed E-state index contributed by atoms with van der Waals surface area (Å²) >= 11 is 0. The number of ether oxygens (including phenoxy) is 1. The average Bonchev–Trinajstić information content (AvgIpc) is 2.97. The van der Waals surface area contributed by atoms with Crippen molar-refractivity contribution in [1.82, 2.24) is 4.90 Å². The van der Waals surface area contributed by atoms with Crippen LogP contribution in [0, 0.1) is 0 Å². The average molecular weight is 297 g/mol. The summed E-state index contributed by atoms with van der Waals surface area (Å²) in [6.45, 7) is -0.0766. The van der Waals surface area contributed by atoms with Crippen LogP contribution in [0.2, 0.25) is 0 Å². The number of phenolic OH excluding ortho intramolecular Hbond substituents is 1. The van der Waals surface area contributed by atoms with Gasteiger partial charge in [0.15, 0.2) is 18.1 Å². The number of rotatable bonds is 4. The molecule has 0 spiro atoms. The quantitative estimate of drug-likeness (QED) is 0.944. The van der Waals surface area contributed by atoms with Crippen LogP contribution in [0.1, 0.15) is 23.6 Å². The van der Waals surface area contributed by atoms with Gasteiger partial charge in [0.05, 0.1) is 6.04 Å². The molecular weight excluding hydrogens is 278 g/mol. The summed E-state index contributed by atoms with van der Waals surface area (Å²) in [5.41, 5.74) is 2.54. The Balaban J connectivity index is 1.65. The Bertz CT molecular complexity index is 684. The first-order valence-electron chi connectivity index (χ1n) is 7.41. The molecular formula is C18H19NO3. The number of aromatic hydroxyl groups is 1. The predicted molar refractivity (Wildman–Crippen MR) is 83.9 cm³/mol. The van der Waals surface area contributed by atoms with Crippen LogP contribution in [0.15, 0.2) is 48.5 Å². The molecule has 0 fully saturated rings.